The van der Waals surface area contributed by atoms with E-state index in [1.165, 1.54) is 13.0 Å². The lowest BCUT2D eigenvalue weighted by Gasteiger charge is -2.24. The minimum Gasteiger partial charge on any atom is -0.343 e. The fraction of sp³-hybridized carbons (Fsp3) is 0.304. The third-order valence-electron chi connectivity index (χ3n) is 4.32. The Labute approximate surface area is 175 Å². The van der Waals surface area contributed by atoms with Crippen molar-refractivity contribution in [1.29, 1.82) is 0 Å². The Morgan fingerprint density at radius 2 is 1.77 bits per heavy atom. The zero-order chi connectivity index (χ0) is 22.1. The fourth-order valence-electron chi connectivity index (χ4n) is 2.62. The van der Waals surface area contributed by atoms with Crippen LogP contribution in [0.4, 0.5) is 0 Å². The maximum Gasteiger partial charge on any atom is 0.252 e. The van der Waals surface area contributed by atoms with Gasteiger partial charge in [-0.2, -0.15) is 0 Å². The molecule has 0 aliphatic heterocycles. The van der Waals surface area contributed by atoms with Gasteiger partial charge in [-0.1, -0.05) is 41.8 Å². The molecule has 1 aliphatic rings. The van der Waals surface area contributed by atoms with Gasteiger partial charge in [-0.15, -0.1) is 0 Å². The summed E-state index contributed by atoms with van der Waals surface area (Å²) in [7, 11) is 0. The van der Waals surface area contributed by atoms with Crippen molar-refractivity contribution in [2.75, 3.05) is 0 Å². The molecule has 0 bridgehead atoms. The third-order valence-corrected chi connectivity index (χ3v) is 4.32. The second kappa shape index (κ2) is 10.2. The van der Waals surface area contributed by atoms with Crippen LogP contribution >= 0.6 is 0 Å². The van der Waals surface area contributed by atoms with Gasteiger partial charge in [0.05, 0.1) is 5.54 Å². The molecule has 0 saturated heterocycles. The molecule has 0 aromatic heterocycles. The van der Waals surface area contributed by atoms with E-state index in [0.717, 1.165) is 5.56 Å². The predicted molar refractivity (Wildman–Crippen MR) is 112 cm³/mol. The summed E-state index contributed by atoms with van der Waals surface area (Å²) < 4.78 is 0. The van der Waals surface area contributed by atoms with E-state index in [9.17, 15) is 19.2 Å². The zero-order valence-electron chi connectivity index (χ0n) is 17.2. The average Bonchev–Trinajstić information content (AvgIpc) is 2.74. The van der Waals surface area contributed by atoms with E-state index >= 15 is 0 Å². The Balaban J connectivity index is 2.11. The topological polar surface area (TPSA) is 104 Å². The van der Waals surface area contributed by atoms with Crippen LogP contribution in [-0.4, -0.2) is 41.6 Å². The average molecular weight is 407 g/mol. The summed E-state index contributed by atoms with van der Waals surface area (Å²) in [6.45, 7) is 4.62. The minimum absolute atomic E-state index is 0.245. The Bertz CT molecular complexity index is 950. The normalized spacial score (nSPS) is 14.3. The Kier molecular flexibility index (Phi) is 7.70. The maximum atomic E-state index is 12.9. The van der Waals surface area contributed by atoms with Gasteiger partial charge in [-0.05, 0) is 38.5 Å². The second-order valence-corrected chi connectivity index (χ2v) is 7.50. The Morgan fingerprint density at radius 1 is 1.07 bits per heavy atom. The Morgan fingerprint density at radius 3 is 2.37 bits per heavy atom. The zero-order valence-corrected chi connectivity index (χ0v) is 17.2. The van der Waals surface area contributed by atoms with Gasteiger partial charge in [-0.3, -0.25) is 14.4 Å². The molecule has 7 heteroatoms. The highest BCUT2D eigenvalue weighted by atomic mass is 16.2. The number of nitrogens with one attached hydrogen (secondary N) is 3. The van der Waals surface area contributed by atoms with Crippen LogP contribution in [0.25, 0.3) is 0 Å². The van der Waals surface area contributed by atoms with E-state index in [-0.39, 0.29) is 6.42 Å². The molecule has 2 unspecified atom stereocenters. The molecule has 3 N–H and O–H groups in total. The number of allylic oxidation sites excluding steroid dienone is 2. The first-order valence-electron chi connectivity index (χ1n) is 9.53. The smallest absolute Gasteiger partial charge is 0.252 e. The number of benzene rings is 1. The molecule has 30 heavy (non-hydrogen) atoms. The minimum atomic E-state index is -1.05. The molecule has 2 rings (SSSR count). The molecule has 0 saturated carbocycles. The van der Waals surface area contributed by atoms with Gasteiger partial charge >= 0.3 is 0 Å². The largest absolute Gasteiger partial charge is 0.343 e. The van der Waals surface area contributed by atoms with Gasteiger partial charge in [0.2, 0.25) is 11.8 Å². The highest BCUT2D eigenvalue weighted by Gasteiger charge is 2.28. The van der Waals surface area contributed by atoms with Crippen molar-refractivity contribution >= 4 is 24.0 Å². The lowest BCUT2D eigenvalue weighted by atomic mass is 10.0. The number of hydrogen-bond acceptors (Lipinski definition) is 4. The van der Waals surface area contributed by atoms with E-state index < -0.39 is 35.3 Å². The number of rotatable bonds is 9. The number of aldehydes is 1. The summed E-state index contributed by atoms with van der Waals surface area (Å²) in [6, 6.07) is 7.43. The van der Waals surface area contributed by atoms with Gasteiger partial charge in [0.15, 0.2) is 0 Å². The molecule has 0 spiro atoms. The molecule has 1 aromatic rings. The van der Waals surface area contributed by atoms with Crippen LogP contribution < -0.4 is 16.0 Å². The monoisotopic (exact) mass is 407 g/mol. The summed E-state index contributed by atoms with van der Waals surface area (Å²) in [5.74, 6) is -1.45. The number of amides is 3. The van der Waals surface area contributed by atoms with Crippen molar-refractivity contribution in [3.8, 4) is 0 Å². The first kappa shape index (κ1) is 22.6. The van der Waals surface area contributed by atoms with Crippen molar-refractivity contribution in [2.24, 2.45) is 0 Å². The SMILES string of the molecule is CC(NC(=O)C(Cc1ccccc1)NC(=O)C1=CC=C=C=C1)C(=O)NC(C)(C)C=O. The van der Waals surface area contributed by atoms with Crippen LogP contribution in [0.3, 0.4) is 0 Å². The van der Waals surface area contributed by atoms with E-state index in [2.05, 4.69) is 27.4 Å². The van der Waals surface area contributed by atoms with Crippen LogP contribution in [0, 0.1) is 0 Å². The van der Waals surface area contributed by atoms with Gasteiger partial charge in [0, 0.05) is 18.1 Å². The quantitative estimate of drug-likeness (QED) is 0.421. The summed E-state index contributed by atoms with van der Waals surface area (Å²) in [4.78, 5) is 48.7. The first-order chi connectivity index (χ1) is 14.2. The molecule has 156 valence electrons. The van der Waals surface area contributed by atoms with Gasteiger partial charge in [0.1, 0.15) is 18.4 Å². The van der Waals surface area contributed by atoms with E-state index in [1.807, 2.05) is 30.3 Å². The van der Waals surface area contributed by atoms with Crippen molar-refractivity contribution < 1.29 is 19.2 Å². The molecule has 0 fully saturated rings. The molecule has 2 atom stereocenters. The summed E-state index contributed by atoms with van der Waals surface area (Å²) >= 11 is 0. The van der Waals surface area contributed by atoms with Crippen LogP contribution in [0.15, 0.2) is 65.6 Å². The number of carbonyl (C=O) groups excluding carboxylic acids is 4. The molecular formula is C23H25N3O4. The van der Waals surface area contributed by atoms with Crippen LogP contribution in [-0.2, 0) is 25.6 Å². The third kappa shape index (κ3) is 6.74. The fourth-order valence-corrected chi connectivity index (χ4v) is 2.62. The van der Waals surface area contributed by atoms with E-state index in [0.29, 0.717) is 11.9 Å². The molecule has 3 amide bonds. The summed E-state index contributed by atoms with van der Waals surface area (Å²) in [6.07, 6.45) is 5.47. The van der Waals surface area contributed by atoms with Gasteiger partial charge in [-0.25, -0.2) is 0 Å². The maximum absolute atomic E-state index is 12.9. The molecule has 1 aromatic carbocycles. The van der Waals surface area contributed by atoms with Crippen LogP contribution in [0.1, 0.15) is 26.3 Å². The van der Waals surface area contributed by atoms with Crippen LogP contribution in [0.5, 0.6) is 0 Å². The van der Waals surface area contributed by atoms with Crippen molar-refractivity contribution in [2.45, 2.75) is 44.8 Å². The van der Waals surface area contributed by atoms with E-state index in [4.69, 9.17) is 0 Å². The predicted octanol–water partition coefficient (Wildman–Crippen LogP) is 1.12. The first-order valence-corrected chi connectivity index (χ1v) is 9.53. The van der Waals surface area contributed by atoms with E-state index in [1.54, 1.807) is 26.0 Å². The molecule has 0 radical (unpaired) electrons. The second-order valence-electron chi connectivity index (χ2n) is 7.50. The highest BCUT2D eigenvalue weighted by Crippen LogP contribution is 2.07. The molecule has 7 nitrogen and oxygen atoms in total. The van der Waals surface area contributed by atoms with Crippen molar-refractivity contribution in [3.63, 3.8) is 0 Å². The summed E-state index contributed by atoms with van der Waals surface area (Å²) in [5.41, 5.74) is 5.56. The van der Waals surface area contributed by atoms with Gasteiger partial charge < -0.3 is 20.7 Å². The van der Waals surface area contributed by atoms with Gasteiger partial charge in [0.25, 0.3) is 5.91 Å². The lowest BCUT2D eigenvalue weighted by Crippen LogP contribution is -2.56. The number of carbonyl (C=O) groups is 4. The Hall–Kier alpha value is -3.66. The lowest BCUT2D eigenvalue weighted by molar-refractivity contribution is -0.132. The van der Waals surface area contributed by atoms with Crippen LogP contribution in [0.2, 0.25) is 0 Å². The number of hydrogen-bond donors (Lipinski definition) is 3. The standard InChI is InChI=1S/C23H25N3O4/c1-16(20(28)26-23(2,3)15-27)24-22(30)19(14-17-10-6-4-7-11-17)25-21(29)18-12-8-5-9-13-18/h4,6-8,10-13,15-16,19H,14H2,1-3H3,(H,24,30)(H,25,29)(H,26,28). The van der Waals surface area contributed by atoms with Crippen molar-refractivity contribution in [3.05, 3.63) is 71.2 Å². The molecule has 1 aliphatic carbocycles. The molecule has 0 heterocycles. The summed E-state index contributed by atoms with van der Waals surface area (Å²) in [5, 5.41) is 7.87. The van der Waals surface area contributed by atoms with Crippen molar-refractivity contribution in [1.82, 2.24) is 16.0 Å². The molecular weight excluding hydrogens is 382 g/mol. The highest BCUT2D eigenvalue weighted by molar-refractivity contribution is 6.00.